The first-order valence-electron chi connectivity index (χ1n) is 8.23. The van der Waals surface area contributed by atoms with Gasteiger partial charge in [0.1, 0.15) is 5.82 Å². The van der Waals surface area contributed by atoms with Crippen molar-refractivity contribution >= 4 is 35.0 Å². The summed E-state index contributed by atoms with van der Waals surface area (Å²) in [6, 6.07) is 8.08. The maximum Gasteiger partial charge on any atom is 0.312 e. The number of hydrogen-bond donors (Lipinski definition) is 2. The molecular weight excluding hydrogens is 394 g/mol. The zero-order chi connectivity index (χ0) is 19.7. The summed E-state index contributed by atoms with van der Waals surface area (Å²) in [4.78, 5) is 25.9. The van der Waals surface area contributed by atoms with Gasteiger partial charge in [0.05, 0.1) is 12.1 Å². The highest BCUT2D eigenvalue weighted by Crippen LogP contribution is 2.40. The molecule has 0 fully saturated rings. The Morgan fingerprint density at radius 1 is 1.26 bits per heavy atom. The molecular formula is C19H17Cl2FN2O3. The van der Waals surface area contributed by atoms with Crippen LogP contribution in [0.3, 0.4) is 0 Å². The summed E-state index contributed by atoms with van der Waals surface area (Å²) >= 11 is 12.2. The van der Waals surface area contributed by atoms with Gasteiger partial charge in [-0.3, -0.25) is 9.59 Å². The maximum atomic E-state index is 12.9. The molecule has 2 aromatic rings. The Morgan fingerprint density at radius 2 is 1.93 bits per heavy atom. The van der Waals surface area contributed by atoms with Crippen LogP contribution in [0.15, 0.2) is 36.4 Å². The molecule has 0 bridgehead atoms. The largest absolute Gasteiger partial charge is 0.390 e. The third-order valence-corrected chi connectivity index (χ3v) is 5.14. The van der Waals surface area contributed by atoms with Gasteiger partial charge >= 0.3 is 11.8 Å². The lowest BCUT2D eigenvalue weighted by molar-refractivity contribution is -0.147. The Kier molecular flexibility index (Phi) is 5.69. The molecule has 2 aromatic carbocycles. The lowest BCUT2D eigenvalue weighted by atomic mass is 10.1. The first kappa shape index (κ1) is 19.6. The number of nitrogens with one attached hydrogen (secondary N) is 1. The number of benzene rings is 2. The molecule has 142 valence electrons. The summed E-state index contributed by atoms with van der Waals surface area (Å²) in [6.45, 7) is 0.0835. The van der Waals surface area contributed by atoms with Gasteiger partial charge in [-0.1, -0.05) is 35.3 Å². The van der Waals surface area contributed by atoms with Crippen LogP contribution in [0.1, 0.15) is 22.7 Å². The summed E-state index contributed by atoms with van der Waals surface area (Å²) in [5, 5.41) is 13.7. The van der Waals surface area contributed by atoms with E-state index in [9.17, 15) is 19.1 Å². The number of hydrogen-bond acceptors (Lipinski definition) is 3. The maximum absolute atomic E-state index is 12.9. The highest BCUT2D eigenvalue weighted by molar-refractivity contribution is 6.36. The topological polar surface area (TPSA) is 69.6 Å². The molecule has 5 nitrogen and oxygen atoms in total. The average Bonchev–Trinajstić information content (AvgIpc) is 2.96. The number of aliphatic hydroxyl groups excluding tert-OH is 1. The second-order valence-electron chi connectivity index (χ2n) is 6.40. The molecule has 0 radical (unpaired) electrons. The zero-order valence-electron chi connectivity index (χ0n) is 14.4. The van der Waals surface area contributed by atoms with Crippen LogP contribution in [0.5, 0.6) is 0 Å². The van der Waals surface area contributed by atoms with Crippen LogP contribution < -0.4 is 5.32 Å². The standard InChI is InChI=1S/C19H17Cl2FN2O3/c1-24(17-14-6-11(20)7-15(21)13(14)8-16(17)25)19(27)18(26)23-9-10-2-4-12(22)5-3-10/h2-7,16-17,25H,8-9H2,1H3,(H,23,26)/t16-,17-/m0/s1. The van der Waals surface area contributed by atoms with Crippen molar-refractivity contribution in [2.24, 2.45) is 0 Å². The molecule has 0 saturated heterocycles. The predicted molar refractivity (Wildman–Crippen MR) is 99.9 cm³/mol. The van der Waals surface area contributed by atoms with Gasteiger partial charge in [-0.25, -0.2) is 4.39 Å². The van der Waals surface area contributed by atoms with Gasteiger partial charge in [-0.2, -0.15) is 0 Å². The van der Waals surface area contributed by atoms with Gasteiger partial charge in [-0.05, 0) is 41.0 Å². The molecule has 2 N–H and O–H groups in total. The molecule has 0 saturated carbocycles. The predicted octanol–water partition coefficient (Wildman–Crippen LogP) is 2.87. The van der Waals surface area contributed by atoms with Crippen LogP contribution in [-0.2, 0) is 22.6 Å². The van der Waals surface area contributed by atoms with Gasteiger partial charge in [0.15, 0.2) is 0 Å². The summed E-state index contributed by atoms with van der Waals surface area (Å²) in [5.74, 6) is -2.01. The van der Waals surface area contributed by atoms with E-state index < -0.39 is 24.0 Å². The molecule has 2 atom stereocenters. The second-order valence-corrected chi connectivity index (χ2v) is 7.24. The van der Waals surface area contributed by atoms with Crippen molar-refractivity contribution in [3.63, 3.8) is 0 Å². The summed E-state index contributed by atoms with van der Waals surface area (Å²) in [6.07, 6.45) is -0.625. The van der Waals surface area contributed by atoms with Crippen molar-refractivity contribution in [2.75, 3.05) is 7.05 Å². The van der Waals surface area contributed by atoms with Crippen LogP contribution in [-0.4, -0.2) is 35.0 Å². The van der Waals surface area contributed by atoms with E-state index >= 15 is 0 Å². The molecule has 0 aliphatic heterocycles. The highest BCUT2D eigenvalue weighted by atomic mass is 35.5. The van der Waals surface area contributed by atoms with Crippen LogP contribution in [0.4, 0.5) is 4.39 Å². The number of amides is 2. The van der Waals surface area contributed by atoms with E-state index in [-0.39, 0.29) is 18.8 Å². The van der Waals surface area contributed by atoms with Gasteiger partial charge in [0.2, 0.25) is 0 Å². The van der Waals surface area contributed by atoms with Crippen LogP contribution >= 0.6 is 23.2 Å². The van der Waals surface area contributed by atoms with Crippen LogP contribution in [0, 0.1) is 5.82 Å². The molecule has 0 heterocycles. The fraction of sp³-hybridized carbons (Fsp3) is 0.263. The SMILES string of the molecule is CN(C(=O)C(=O)NCc1ccc(F)cc1)[C@H]1c2cc(Cl)cc(Cl)c2C[C@@H]1O. The number of rotatable bonds is 3. The minimum Gasteiger partial charge on any atom is -0.390 e. The molecule has 0 unspecified atom stereocenters. The zero-order valence-corrected chi connectivity index (χ0v) is 15.9. The van der Waals surface area contributed by atoms with Crippen molar-refractivity contribution in [2.45, 2.75) is 25.1 Å². The fourth-order valence-electron chi connectivity index (χ4n) is 3.24. The Morgan fingerprint density at radius 3 is 2.59 bits per heavy atom. The number of aliphatic hydroxyl groups is 1. The molecule has 8 heteroatoms. The summed E-state index contributed by atoms with van der Waals surface area (Å²) in [7, 11) is 1.44. The Labute approximate surface area is 165 Å². The lowest BCUT2D eigenvalue weighted by Crippen LogP contribution is -2.44. The molecule has 2 amide bonds. The van der Waals surface area contributed by atoms with Crippen molar-refractivity contribution in [1.29, 1.82) is 0 Å². The van der Waals surface area contributed by atoms with Gasteiger partial charge in [-0.15, -0.1) is 0 Å². The molecule has 3 rings (SSSR count). The van der Waals surface area contributed by atoms with Crippen molar-refractivity contribution < 1.29 is 19.1 Å². The van der Waals surface area contributed by atoms with Crippen molar-refractivity contribution in [1.82, 2.24) is 10.2 Å². The van der Waals surface area contributed by atoms with Gasteiger partial charge < -0.3 is 15.3 Å². The fourth-order valence-corrected chi connectivity index (χ4v) is 3.83. The number of carbonyl (C=O) groups is 2. The van der Waals surface area contributed by atoms with E-state index in [4.69, 9.17) is 23.2 Å². The van der Waals surface area contributed by atoms with E-state index in [1.165, 1.54) is 36.2 Å². The molecule has 0 spiro atoms. The average molecular weight is 411 g/mol. The van der Waals surface area contributed by atoms with E-state index in [2.05, 4.69) is 5.32 Å². The second kappa shape index (κ2) is 7.84. The lowest BCUT2D eigenvalue weighted by Gasteiger charge is -2.27. The smallest absolute Gasteiger partial charge is 0.312 e. The summed E-state index contributed by atoms with van der Waals surface area (Å²) in [5.41, 5.74) is 2.00. The third kappa shape index (κ3) is 4.08. The van der Waals surface area contributed by atoms with E-state index in [0.717, 1.165) is 0 Å². The van der Waals surface area contributed by atoms with E-state index in [1.807, 2.05) is 0 Å². The molecule has 0 aromatic heterocycles. The van der Waals surface area contributed by atoms with Crippen LogP contribution in [0.2, 0.25) is 10.0 Å². The Balaban J connectivity index is 1.72. The van der Waals surface area contributed by atoms with Gasteiger partial charge in [0.25, 0.3) is 0 Å². The molecule has 27 heavy (non-hydrogen) atoms. The van der Waals surface area contributed by atoms with Crippen molar-refractivity contribution in [3.05, 3.63) is 69.0 Å². The molecule has 1 aliphatic rings. The quantitative estimate of drug-likeness (QED) is 0.764. The van der Waals surface area contributed by atoms with Crippen LogP contribution in [0.25, 0.3) is 0 Å². The highest BCUT2D eigenvalue weighted by Gasteiger charge is 2.39. The summed E-state index contributed by atoms with van der Waals surface area (Å²) < 4.78 is 12.9. The number of carbonyl (C=O) groups excluding carboxylic acids is 2. The van der Waals surface area contributed by atoms with Gasteiger partial charge in [0, 0.05) is 30.1 Å². The van der Waals surface area contributed by atoms with E-state index in [1.54, 1.807) is 12.1 Å². The Hall–Kier alpha value is -2.15. The minimum atomic E-state index is -0.894. The number of nitrogens with zero attached hydrogens (tertiary/aromatic N) is 1. The number of halogens is 3. The third-order valence-electron chi connectivity index (χ3n) is 4.59. The van der Waals surface area contributed by atoms with E-state index in [0.29, 0.717) is 26.7 Å². The minimum absolute atomic E-state index is 0.0835. The van der Waals surface area contributed by atoms with Crippen molar-refractivity contribution in [3.8, 4) is 0 Å². The Bertz CT molecular complexity index is 889. The number of likely N-dealkylation sites (N-methyl/N-ethyl adjacent to an activating group) is 1. The normalized spacial score (nSPS) is 18.1. The molecule has 1 aliphatic carbocycles. The first-order valence-corrected chi connectivity index (χ1v) is 8.99. The monoisotopic (exact) mass is 410 g/mol. The first-order chi connectivity index (χ1) is 12.8. The number of fused-ring (bicyclic) bond motifs is 1.